The van der Waals surface area contributed by atoms with Crippen molar-refractivity contribution in [3.8, 4) is 0 Å². The Morgan fingerprint density at radius 1 is 1.12 bits per heavy atom. The molecule has 0 aliphatic rings. The molecular weight excluding hydrogens is 521 g/mol. The maximum absolute atomic E-state index is 12.8. The first kappa shape index (κ1) is 27.8. The molecule has 2 rings (SSSR count). The van der Waals surface area contributed by atoms with Crippen molar-refractivity contribution in [1.82, 2.24) is 19.7 Å². The van der Waals surface area contributed by atoms with Crippen molar-refractivity contribution in [1.29, 1.82) is 0 Å². The molecule has 16 heteroatoms. The van der Waals surface area contributed by atoms with Gasteiger partial charge in [0.1, 0.15) is 0 Å². The van der Waals surface area contributed by atoms with Gasteiger partial charge in [0.05, 0.1) is 22.0 Å². The monoisotopic (exact) mass is 548 g/mol. The van der Waals surface area contributed by atoms with Crippen LogP contribution in [0.5, 0.6) is 0 Å². The van der Waals surface area contributed by atoms with E-state index in [9.17, 15) is 16.8 Å². The number of nitrogens with two attached hydrogens (primary N) is 2. The van der Waals surface area contributed by atoms with Crippen LogP contribution in [0.4, 0.5) is 5.13 Å². The summed E-state index contributed by atoms with van der Waals surface area (Å²) in [5.74, 6) is 1.27. The van der Waals surface area contributed by atoms with Crippen molar-refractivity contribution >= 4 is 60.2 Å². The Morgan fingerprint density at radius 2 is 1.82 bits per heavy atom. The van der Waals surface area contributed by atoms with Crippen LogP contribution in [0.15, 0.2) is 49.4 Å². The predicted octanol–water partition coefficient (Wildman–Crippen LogP) is 0.523. The number of benzene rings is 1. The Hall–Kier alpha value is -2.40. The molecule has 1 heterocycles. The number of hydrogen-bond donors (Lipinski definition) is 5. The summed E-state index contributed by atoms with van der Waals surface area (Å²) in [6.07, 6.45) is 0. The van der Waals surface area contributed by atoms with Gasteiger partial charge in [0.25, 0.3) is 10.0 Å². The van der Waals surface area contributed by atoms with Gasteiger partial charge in [-0.1, -0.05) is 13.0 Å². The third kappa shape index (κ3) is 8.75. The van der Waals surface area contributed by atoms with Crippen molar-refractivity contribution in [3.63, 3.8) is 0 Å². The molecule has 0 saturated heterocycles. The smallest absolute Gasteiger partial charge is 0.264 e. The minimum absolute atomic E-state index is 0.0488. The van der Waals surface area contributed by atoms with Crippen LogP contribution in [0, 0.1) is 0 Å². The first-order valence-electron chi connectivity index (χ1n) is 10.1. The van der Waals surface area contributed by atoms with Gasteiger partial charge in [-0.15, -0.1) is 11.3 Å². The first-order chi connectivity index (χ1) is 16.1. The van der Waals surface area contributed by atoms with E-state index in [1.807, 2.05) is 5.38 Å². The van der Waals surface area contributed by atoms with Crippen LogP contribution in [0.2, 0.25) is 0 Å². The Labute approximate surface area is 207 Å². The number of nitrogens with zero attached hydrogens (tertiary/aromatic N) is 3. The molecule has 12 nitrogen and oxygen atoms in total. The highest BCUT2D eigenvalue weighted by Gasteiger charge is 2.20. The van der Waals surface area contributed by atoms with Crippen LogP contribution >= 0.6 is 23.1 Å². The van der Waals surface area contributed by atoms with Gasteiger partial charge in [0, 0.05) is 30.0 Å². The summed E-state index contributed by atoms with van der Waals surface area (Å²) in [6, 6.07) is 5.12. The number of rotatable bonds is 12. The van der Waals surface area contributed by atoms with E-state index in [4.69, 9.17) is 11.5 Å². The molecule has 1 aromatic carbocycles. The fourth-order valence-electron chi connectivity index (χ4n) is 2.48. The lowest BCUT2D eigenvalue weighted by Crippen LogP contribution is -2.41. The Balaban J connectivity index is 2.00. The highest BCUT2D eigenvalue weighted by Crippen LogP contribution is 2.21. The average molecular weight is 549 g/mol. The van der Waals surface area contributed by atoms with Crippen LogP contribution in [0.1, 0.15) is 19.5 Å². The normalized spacial score (nSPS) is 12.4. The number of aliphatic imine (C=N–C) groups is 2. The summed E-state index contributed by atoms with van der Waals surface area (Å²) in [6.45, 7) is 4.41. The van der Waals surface area contributed by atoms with Gasteiger partial charge in [0.2, 0.25) is 21.1 Å². The minimum atomic E-state index is -4.06. The molecule has 1 aromatic heterocycles. The van der Waals surface area contributed by atoms with Gasteiger partial charge in [-0.3, -0.25) is 4.99 Å². The van der Waals surface area contributed by atoms with E-state index in [1.54, 1.807) is 25.6 Å². The SMILES string of the molecule is CCNC(=NCCSCc1csc(N=C(N)N)n1)NS(=O)(=O)c1cccc(S(=O)(=O)NCC)c1. The van der Waals surface area contributed by atoms with Crippen LogP contribution in [-0.4, -0.2) is 59.1 Å². The van der Waals surface area contributed by atoms with Crippen LogP contribution < -0.4 is 26.2 Å². The molecule has 2 aromatic rings. The number of thioether (sulfide) groups is 1. The van der Waals surface area contributed by atoms with Crippen molar-refractivity contribution in [2.45, 2.75) is 29.4 Å². The highest BCUT2D eigenvalue weighted by atomic mass is 32.2. The first-order valence-corrected chi connectivity index (χ1v) is 15.1. The van der Waals surface area contributed by atoms with Crippen LogP contribution in [-0.2, 0) is 25.8 Å². The summed E-state index contributed by atoms with van der Waals surface area (Å²) in [7, 11) is -7.85. The maximum atomic E-state index is 12.8. The Bertz CT molecular complexity index is 1220. The van der Waals surface area contributed by atoms with Crippen LogP contribution in [0.3, 0.4) is 0 Å². The number of thiazole rings is 1. The molecule has 0 aliphatic heterocycles. The number of sulfonamides is 2. The number of hydrogen-bond acceptors (Lipinski definition) is 9. The predicted molar refractivity (Wildman–Crippen MR) is 137 cm³/mol. The second kappa shape index (κ2) is 12.9. The van der Waals surface area contributed by atoms with E-state index in [1.165, 1.54) is 29.5 Å². The Morgan fingerprint density at radius 3 is 2.47 bits per heavy atom. The van der Waals surface area contributed by atoms with E-state index in [-0.39, 0.29) is 28.3 Å². The summed E-state index contributed by atoms with van der Waals surface area (Å²) in [5.41, 5.74) is 11.5. The molecule has 188 valence electrons. The number of aromatic nitrogens is 1. The summed E-state index contributed by atoms with van der Waals surface area (Å²) in [4.78, 5) is 12.2. The summed E-state index contributed by atoms with van der Waals surface area (Å²) in [5, 5.41) is 5.22. The molecule has 0 amide bonds. The fourth-order valence-corrected chi connectivity index (χ4v) is 6.23. The lowest BCUT2D eigenvalue weighted by atomic mass is 10.4. The van der Waals surface area contributed by atoms with E-state index in [0.29, 0.717) is 29.7 Å². The molecule has 7 N–H and O–H groups in total. The Kier molecular flexibility index (Phi) is 10.6. The van der Waals surface area contributed by atoms with Gasteiger partial charge >= 0.3 is 0 Å². The second-order valence-corrected chi connectivity index (χ2v) is 11.9. The fraction of sp³-hybridized carbons (Fsp3) is 0.389. The molecular formula is C18H28N8O4S4. The standard InChI is InChI=1S/C18H28N8O4S4/c1-3-21-17(22-8-9-31-11-13-12-32-18(24-13)25-16(19)20)26-34(29,30)15-7-5-6-14(10-15)33(27,28)23-4-2/h5-7,10,12,23H,3-4,8-9,11H2,1-2H3,(H2,21,22,26)(H4,19,20,24,25). The largest absolute Gasteiger partial charge is 0.370 e. The molecule has 34 heavy (non-hydrogen) atoms. The molecule has 0 unspecified atom stereocenters. The van der Waals surface area contributed by atoms with Crippen molar-refractivity contribution in [2.75, 3.05) is 25.4 Å². The van der Waals surface area contributed by atoms with E-state index >= 15 is 0 Å². The number of nitrogens with one attached hydrogen (secondary N) is 3. The van der Waals surface area contributed by atoms with Crippen LogP contribution in [0.25, 0.3) is 0 Å². The molecule has 0 fully saturated rings. The second-order valence-electron chi connectivity index (χ2n) is 6.55. The van der Waals surface area contributed by atoms with Gasteiger partial charge in [0.15, 0.2) is 5.96 Å². The topological polar surface area (TPSA) is 194 Å². The van der Waals surface area contributed by atoms with Crippen molar-refractivity contribution in [2.24, 2.45) is 21.5 Å². The quantitative estimate of drug-likeness (QED) is 0.143. The van der Waals surface area contributed by atoms with E-state index in [2.05, 4.69) is 29.7 Å². The lowest BCUT2D eigenvalue weighted by molar-refractivity contribution is 0.583. The van der Waals surface area contributed by atoms with Crippen molar-refractivity contribution in [3.05, 3.63) is 35.3 Å². The molecule has 0 atom stereocenters. The zero-order valence-electron chi connectivity index (χ0n) is 18.7. The van der Waals surface area contributed by atoms with Crippen molar-refractivity contribution < 1.29 is 16.8 Å². The van der Waals surface area contributed by atoms with Gasteiger partial charge in [-0.25, -0.2) is 31.3 Å². The van der Waals surface area contributed by atoms with Gasteiger partial charge < -0.3 is 16.8 Å². The number of guanidine groups is 2. The minimum Gasteiger partial charge on any atom is -0.370 e. The van der Waals surface area contributed by atoms with Gasteiger partial charge in [-0.05, 0) is 25.1 Å². The van der Waals surface area contributed by atoms with Gasteiger partial charge in [-0.2, -0.15) is 16.8 Å². The van der Waals surface area contributed by atoms with E-state index < -0.39 is 20.0 Å². The summed E-state index contributed by atoms with van der Waals surface area (Å²) < 4.78 is 54.8. The molecule has 0 saturated carbocycles. The molecule has 0 spiro atoms. The maximum Gasteiger partial charge on any atom is 0.264 e. The molecule has 0 aliphatic carbocycles. The molecule has 0 radical (unpaired) electrons. The lowest BCUT2D eigenvalue weighted by Gasteiger charge is -2.13. The zero-order valence-corrected chi connectivity index (χ0v) is 22.0. The molecule has 0 bridgehead atoms. The average Bonchev–Trinajstić information content (AvgIpc) is 3.20. The third-order valence-electron chi connectivity index (χ3n) is 3.86. The van der Waals surface area contributed by atoms with E-state index in [0.717, 1.165) is 11.8 Å². The zero-order chi connectivity index (χ0) is 25.2. The third-order valence-corrected chi connectivity index (χ3v) is 8.49. The summed E-state index contributed by atoms with van der Waals surface area (Å²) >= 11 is 2.90. The highest BCUT2D eigenvalue weighted by molar-refractivity contribution is 7.98.